The van der Waals surface area contributed by atoms with Crippen molar-refractivity contribution in [2.45, 2.75) is 19.4 Å². The molecule has 0 unspecified atom stereocenters. The molecule has 0 aliphatic carbocycles. The number of carbonyl (C=O) groups is 1. The molecule has 0 saturated carbocycles. The third-order valence-corrected chi connectivity index (χ3v) is 2.34. The van der Waals surface area contributed by atoms with Crippen molar-refractivity contribution in [1.29, 1.82) is 0 Å². The van der Waals surface area contributed by atoms with Crippen molar-refractivity contribution in [2.24, 2.45) is 0 Å². The summed E-state index contributed by atoms with van der Waals surface area (Å²) < 4.78 is 11.8. The van der Waals surface area contributed by atoms with E-state index in [2.05, 4.69) is 10.1 Å². The fraction of sp³-hybridized carbons (Fsp3) is 0.333. The minimum atomic E-state index is -0.231. The standard InChI is InChI=1S/C12H14N3O3/c16-12(4-8-15-6-2-1-3-7-15)17-9-5-11-13-10-14-18-11/h1-3,6-7,10H,4-5,8-9H2/q+1. The lowest BCUT2D eigenvalue weighted by molar-refractivity contribution is -0.696. The average molecular weight is 248 g/mol. The Morgan fingerprint density at radius 3 is 2.89 bits per heavy atom. The number of nitrogens with zero attached hydrogens (tertiary/aromatic N) is 3. The van der Waals surface area contributed by atoms with Crippen LogP contribution in [-0.4, -0.2) is 22.7 Å². The van der Waals surface area contributed by atoms with E-state index in [1.807, 2.05) is 35.2 Å². The smallest absolute Gasteiger partial charge is 0.312 e. The second-order valence-electron chi connectivity index (χ2n) is 3.67. The highest BCUT2D eigenvalue weighted by molar-refractivity contribution is 5.69. The number of esters is 1. The minimum Gasteiger partial charge on any atom is -0.465 e. The van der Waals surface area contributed by atoms with E-state index in [1.54, 1.807) is 0 Å². The first-order valence-corrected chi connectivity index (χ1v) is 5.70. The number of aromatic nitrogens is 3. The van der Waals surface area contributed by atoms with Crippen molar-refractivity contribution in [3.63, 3.8) is 0 Å². The first-order valence-electron chi connectivity index (χ1n) is 5.70. The molecule has 0 N–H and O–H groups in total. The lowest BCUT2D eigenvalue weighted by Crippen LogP contribution is -2.33. The van der Waals surface area contributed by atoms with E-state index in [-0.39, 0.29) is 12.6 Å². The summed E-state index contributed by atoms with van der Waals surface area (Å²) in [7, 11) is 0. The number of hydrogen-bond acceptors (Lipinski definition) is 5. The van der Waals surface area contributed by atoms with Crippen molar-refractivity contribution in [3.05, 3.63) is 42.8 Å². The Bertz CT molecular complexity index is 471. The van der Waals surface area contributed by atoms with Gasteiger partial charge in [0.1, 0.15) is 13.0 Å². The Morgan fingerprint density at radius 2 is 2.17 bits per heavy atom. The normalized spacial score (nSPS) is 10.2. The van der Waals surface area contributed by atoms with Crippen LogP contribution in [0.1, 0.15) is 12.3 Å². The van der Waals surface area contributed by atoms with Crippen molar-refractivity contribution < 1.29 is 18.6 Å². The van der Waals surface area contributed by atoms with Crippen molar-refractivity contribution in [2.75, 3.05) is 6.61 Å². The number of ether oxygens (including phenoxy) is 1. The second kappa shape index (κ2) is 6.48. The average Bonchev–Trinajstić information content (AvgIpc) is 2.91. The largest absolute Gasteiger partial charge is 0.465 e. The molecule has 2 aromatic heterocycles. The van der Waals surface area contributed by atoms with E-state index >= 15 is 0 Å². The van der Waals surface area contributed by atoms with E-state index in [9.17, 15) is 4.79 Å². The molecule has 6 nitrogen and oxygen atoms in total. The highest BCUT2D eigenvalue weighted by atomic mass is 16.5. The summed E-state index contributed by atoms with van der Waals surface area (Å²) >= 11 is 0. The first-order chi connectivity index (χ1) is 8.84. The van der Waals surface area contributed by atoms with E-state index in [1.165, 1.54) is 6.33 Å². The summed E-state index contributed by atoms with van der Waals surface area (Å²) in [6.45, 7) is 0.876. The van der Waals surface area contributed by atoms with Crippen LogP contribution in [-0.2, 0) is 22.5 Å². The molecule has 0 bridgehead atoms. The van der Waals surface area contributed by atoms with E-state index in [4.69, 9.17) is 9.26 Å². The zero-order valence-corrected chi connectivity index (χ0v) is 9.86. The maximum absolute atomic E-state index is 11.4. The fourth-order valence-corrected chi connectivity index (χ4v) is 1.43. The molecular weight excluding hydrogens is 234 g/mol. The molecule has 0 fully saturated rings. The number of aryl methyl sites for hydroxylation is 1. The number of pyridine rings is 1. The molecule has 0 radical (unpaired) electrons. The van der Waals surface area contributed by atoms with Gasteiger partial charge in [0, 0.05) is 12.1 Å². The molecule has 2 aromatic rings. The molecule has 6 heteroatoms. The number of carbonyl (C=O) groups excluding carboxylic acids is 1. The summed E-state index contributed by atoms with van der Waals surface area (Å²) in [6.07, 6.45) is 5.93. The number of hydrogen-bond donors (Lipinski definition) is 0. The molecule has 0 aliphatic rings. The van der Waals surface area contributed by atoms with Gasteiger partial charge < -0.3 is 9.26 Å². The molecule has 0 aliphatic heterocycles. The zero-order chi connectivity index (χ0) is 12.6. The predicted octanol–water partition coefficient (Wildman–Crippen LogP) is 0.533. The first kappa shape index (κ1) is 12.2. The van der Waals surface area contributed by atoms with Crippen molar-refractivity contribution >= 4 is 5.97 Å². The third-order valence-electron chi connectivity index (χ3n) is 2.34. The Kier molecular flexibility index (Phi) is 4.40. The van der Waals surface area contributed by atoms with Crippen LogP contribution in [0.25, 0.3) is 0 Å². The molecule has 2 heterocycles. The van der Waals surface area contributed by atoms with Gasteiger partial charge >= 0.3 is 5.97 Å². The third kappa shape index (κ3) is 3.97. The van der Waals surface area contributed by atoms with Crippen LogP contribution in [0.5, 0.6) is 0 Å². The molecule has 18 heavy (non-hydrogen) atoms. The number of rotatable bonds is 6. The molecule has 0 spiro atoms. The summed E-state index contributed by atoms with van der Waals surface area (Å²) in [4.78, 5) is 15.3. The fourth-order valence-electron chi connectivity index (χ4n) is 1.43. The van der Waals surface area contributed by atoms with Crippen LogP contribution in [0.15, 0.2) is 41.4 Å². The van der Waals surface area contributed by atoms with Crippen LogP contribution in [0, 0.1) is 0 Å². The second-order valence-corrected chi connectivity index (χ2v) is 3.67. The van der Waals surface area contributed by atoms with Crippen LogP contribution in [0.2, 0.25) is 0 Å². The Balaban J connectivity index is 1.63. The highest BCUT2D eigenvalue weighted by Crippen LogP contribution is 1.94. The topological polar surface area (TPSA) is 69.1 Å². The van der Waals surface area contributed by atoms with Gasteiger partial charge in [-0.1, -0.05) is 11.2 Å². The van der Waals surface area contributed by atoms with Crippen LogP contribution >= 0.6 is 0 Å². The lowest BCUT2D eigenvalue weighted by Gasteiger charge is -2.01. The summed E-state index contributed by atoms with van der Waals surface area (Å²) in [6, 6.07) is 5.76. The highest BCUT2D eigenvalue weighted by Gasteiger charge is 2.08. The summed E-state index contributed by atoms with van der Waals surface area (Å²) in [5.41, 5.74) is 0. The van der Waals surface area contributed by atoms with Gasteiger partial charge in [0.2, 0.25) is 5.89 Å². The SMILES string of the molecule is O=C(CC[n+]1ccccc1)OCCc1ncno1. The van der Waals surface area contributed by atoms with Crippen LogP contribution < -0.4 is 4.57 Å². The lowest BCUT2D eigenvalue weighted by atomic mass is 10.4. The maximum atomic E-state index is 11.4. The van der Waals surface area contributed by atoms with Crippen molar-refractivity contribution in [1.82, 2.24) is 10.1 Å². The van der Waals surface area contributed by atoms with Gasteiger partial charge in [0.25, 0.3) is 0 Å². The van der Waals surface area contributed by atoms with E-state index < -0.39 is 0 Å². The molecule has 0 amide bonds. The zero-order valence-electron chi connectivity index (χ0n) is 9.86. The summed E-state index contributed by atoms with van der Waals surface area (Å²) in [5, 5.41) is 3.47. The predicted molar refractivity (Wildman–Crippen MR) is 60.2 cm³/mol. The van der Waals surface area contributed by atoms with E-state index in [0.29, 0.717) is 25.3 Å². The van der Waals surface area contributed by atoms with Crippen LogP contribution in [0.3, 0.4) is 0 Å². The molecule has 0 aromatic carbocycles. The van der Waals surface area contributed by atoms with Crippen molar-refractivity contribution in [3.8, 4) is 0 Å². The summed E-state index contributed by atoms with van der Waals surface area (Å²) in [5.74, 6) is 0.242. The molecule has 0 atom stereocenters. The van der Waals surface area contributed by atoms with Gasteiger partial charge in [0.15, 0.2) is 25.3 Å². The molecule has 94 valence electrons. The van der Waals surface area contributed by atoms with Gasteiger partial charge in [-0.05, 0) is 0 Å². The Labute approximate surface area is 104 Å². The van der Waals surface area contributed by atoms with Gasteiger partial charge in [-0.3, -0.25) is 4.79 Å². The monoisotopic (exact) mass is 248 g/mol. The quantitative estimate of drug-likeness (QED) is 0.551. The van der Waals surface area contributed by atoms with Gasteiger partial charge in [-0.15, -0.1) is 0 Å². The Hall–Kier alpha value is -2.24. The van der Waals surface area contributed by atoms with Gasteiger partial charge in [-0.2, -0.15) is 4.98 Å². The maximum Gasteiger partial charge on any atom is 0.312 e. The molecule has 2 rings (SSSR count). The minimum absolute atomic E-state index is 0.231. The molecular formula is C12H14N3O3+. The Morgan fingerprint density at radius 1 is 1.33 bits per heavy atom. The van der Waals surface area contributed by atoms with Gasteiger partial charge in [-0.25, -0.2) is 4.57 Å². The molecule has 0 saturated heterocycles. The van der Waals surface area contributed by atoms with Crippen LogP contribution in [0.4, 0.5) is 0 Å². The van der Waals surface area contributed by atoms with E-state index in [0.717, 1.165) is 0 Å². The van der Waals surface area contributed by atoms with Gasteiger partial charge in [0.05, 0.1) is 6.42 Å².